The molecule has 110 valence electrons. The number of carbonyl (C=O) groups excluding carboxylic acids is 1. The smallest absolute Gasteiger partial charge is 0.250 e. The van der Waals surface area contributed by atoms with Crippen molar-refractivity contribution in [2.75, 3.05) is 11.9 Å². The van der Waals surface area contributed by atoms with Crippen LogP contribution in [0.3, 0.4) is 0 Å². The van der Waals surface area contributed by atoms with E-state index in [9.17, 15) is 4.79 Å². The minimum atomic E-state index is 0.0437. The van der Waals surface area contributed by atoms with E-state index in [1.54, 1.807) is 11.0 Å². The molecular formula is C18H27NO. The molecule has 1 amide bonds. The van der Waals surface area contributed by atoms with Gasteiger partial charge in [-0.1, -0.05) is 63.3 Å². The summed E-state index contributed by atoms with van der Waals surface area (Å²) in [7, 11) is 1.81. The van der Waals surface area contributed by atoms with Gasteiger partial charge in [0.25, 0.3) is 0 Å². The third-order valence-electron chi connectivity index (χ3n) is 3.46. The first-order chi connectivity index (χ1) is 9.75. The molecule has 0 saturated heterocycles. The number of benzene rings is 1. The molecule has 0 aliphatic carbocycles. The number of likely N-dealkylation sites (N-methyl/N-ethyl adjacent to an activating group) is 1. The maximum atomic E-state index is 12.0. The summed E-state index contributed by atoms with van der Waals surface area (Å²) >= 11 is 0. The van der Waals surface area contributed by atoms with Gasteiger partial charge in [-0.3, -0.25) is 4.79 Å². The van der Waals surface area contributed by atoms with Crippen LogP contribution in [0, 0.1) is 0 Å². The van der Waals surface area contributed by atoms with Gasteiger partial charge >= 0.3 is 0 Å². The van der Waals surface area contributed by atoms with Gasteiger partial charge in [0.15, 0.2) is 0 Å². The summed E-state index contributed by atoms with van der Waals surface area (Å²) in [6.45, 7) is 2.23. The maximum Gasteiger partial charge on any atom is 0.250 e. The molecule has 20 heavy (non-hydrogen) atoms. The maximum absolute atomic E-state index is 12.0. The third-order valence-corrected chi connectivity index (χ3v) is 3.46. The van der Waals surface area contributed by atoms with Crippen LogP contribution in [0.15, 0.2) is 42.5 Å². The molecule has 0 heterocycles. The molecule has 0 aliphatic rings. The number of anilines is 1. The van der Waals surface area contributed by atoms with Crippen molar-refractivity contribution < 1.29 is 4.79 Å². The number of carbonyl (C=O) groups is 1. The summed E-state index contributed by atoms with van der Waals surface area (Å²) < 4.78 is 0. The van der Waals surface area contributed by atoms with Crippen LogP contribution < -0.4 is 4.90 Å². The zero-order valence-corrected chi connectivity index (χ0v) is 12.8. The lowest BCUT2D eigenvalue weighted by Gasteiger charge is -2.14. The molecule has 1 rings (SSSR count). The van der Waals surface area contributed by atoms with Crippen LogP contribution in [0.1, 0.15) is 51.9 Å². The van der Waals surface area contributed by atoms with Gasteiger partial charge in [0.1, 0.15) is 0 Å². The zero-order valence-electron chi connectivity index (χ0n) is 12.8. The summed E-state index contributed by atoms with van der Waals surface area (Å²) in [6, 6.07) is 9.73. The van der Waals surface area contributed by atoms with Gasteiger partial charge in [-0.2, -0.15) is 0 Å². The Morgan fingerprint density at radius 1 is 1.05 bits per heavy atom. The van der Waals surface area contributed by atoms with Crippen molar-refractivity contribution in [3.05, 3.63) is 42.5 Å². The second-order valence-corrected chi connectivity index (χ2v) is 5.19. The van der Waals surface area contributed by atoms with Crippen molar-refractivity contribution in [1.82, 2.24) is 0 Å². The molecule has 0 aliphatic heterocycles. The summed E-state index contributed by atoms with van der Waals surface area (Å²) in [5, 5.41) is 0. The fraction of sp³-hybridized carbons (Fsp3) is 0.500. The third kappa shape index (κ3) is 6.55. The molecule has 2 nitrogen and oxygen atoms in total. The Balaban J connectivity index is 2.20. The molecule has 0 atom stereocenters. The SMILES string of the molecule is CCCCCCCC/C=C/C(=O)N(C)c1ccccc1. The number of para-hydroxylation sites is 1. The molecule has 0 radical (unpaired) electrons. The van der Waals surface area contributed by atoms with E-state index in [1.807, 2.05) is 43.5 Å². The van der Waals surface area contributed by atoms with Crippen molar-refractivity contribution in [2.45, 2.75) is 51.9 Å². The van der Waals surface area contributed by atoms with Gasteiger partial charge < -0.3 is 4.90 Å². The van der Waals surface area contributed by atoms with E-state index in [0.29, 0.717) is 0 Å². The van der Waals surface area contributed by atoms with Crippen LogP contribution in [0.2, 0.25) is 0 Å². The minimum absolute atomic E-state index is 0.0437. The lowest BCUT2D eigenvalue weighted by molar-refractivity contribution is -0.113. The van der Waals surface area contributed by atoms with Crippen LogP contribution in [-0.2, 0) is 4.79 Å². The summed E-state index contributed by atoms with van der Waals surface area (Å²) in [5.74, 6) is 0.0437. The predicted molar refractivity (Wildman–Crippen MR) is 87.0 cm³/mol. The molecule has 1 aromatic carbocycles. The van der Waals surface area contributed by atoms with Crippen molar-refractivity contribution in [2.24, 2.45) is 0 Å². The number of hydrogen-bond acceptors (Lipinski definition) is 1. The lowest BCUT2D eigenvalue weighted by atomic mass is 10.1. The highest BCUT2D eigenvalue weighted by molar-refractivity contribution is 6.00. The van der Waals surface area contributed by atoms with Crippen LogP contribution in [0.4, 0.5) is 5.69 Å². The Labute approximate surface area is 123 Å². The van der Waals surface area contributed by atoms with E-state index in [0.717, 1.165) is 12.1 Å². The fourth-order valence-electron chi connectivity index (χ4n) is 2.12. The highest BCUT2D eigenvalue weighted by Crippen LogP contribution is 2.12. The Bertz CT molecular complexity index is 397. The quantitative estimate of drug-likeness (QED) is 0.460. The van der Waals surface area contributed by atoms with Gasteiger partial charge in [-0.15, -0.1) is 0 Å². The number of amides is 1. The normalized spacial score (nSPS) is 10.9. The second-order valence-electron chi connectivity index (χ2n) is 5.19. The Hall–Kier alpha value is -1.57. The molecule has 0 bridgehead atoms. The highest BCUT2D eigenvalue weighted by atomic mass is 16.2. The van der Waals surface area contributed by atoms with Crippen LogP contribution in [0.5, 0.6) is 0 Å². The first-order valence-corrected chi connectivity index (χ1v) is 7.75. The Kier molecular flexibility index (Phi) is 8.44. The number of hydrogen-bond donors (Lipinski definition) is 0. The summed E-state index contributed by atoms with van der Waals surface area (Å²) in [6.07, 6.45) is 12.4. The van der Waals surface area contributed by atoms with Gasteiger partial charge in [0.05, 0.1) is 0 Å². The monoisotopic (exact) mass is 273 g/mol. The largest absolute Gasteiger partial charge is 0.312 e. The van der Waals surface area contributed by atoms with E-state index < -0.39 is 0 Å². The lowest BCUT2D eigenvalue weighted by Crippen LogP contribution is -2.23. The van der Waals surface area contributed by atoms with Crippen molar-refractivity contribution in [3.63, 3.8) is 0 Å². The first-order valence-electron chi connectivity index (χ1n) is 7.75. The van der Waals surface area contributed by atoms with Crippen LogP contribution in [-0.4, -0.2) is 13.0 Å². The Morgan fingerprint density at radius 2 is 1.70 bits per heavy atom. The van der Waals surface area contributed by atoms with Crippen LogP contribution >= 0.6 is 0 Å². The Morgan fingerprint density at radius 3 is 2.40 bits per heavy atom. The van der Waals surface area contributed by atoms with Crippen molar-refractivity contribution in [3.8, 4) is 0 Å². The molecule has 0 N–H and O–H groups in total. The number of allylic oxidation sites excluding steroid dienone is 1. The van der Waals surface area contributed by atoms with Gasteiger partial charge in [0.2, 0.25) is 5.91 Å². The first kappa shape index (κ1) is 16.5. The molecular weight excluding hydrogens is 246 g/mol. The van der Waals surface area contributed by atoms with E-state index in [-0.39, 0.29) is 5.91 Å². The minimum Gasteiger partial charge on any atom is -0.312 e. The van der Waals surface area contributed by atoms with Crippen molar-refractivity contribution >= 4 is 11.6 Å². The van der Waals surface area contributed by atoms with E-state index in [1.165, 1.54) is 38.5 Å². The topological polar surface area (TPSA) is 20.3 Å². The van der Waals surface area contributed by atoms with Gasteiger partial charge in [-0.25, -0.2) is 0 Å². The summed E-state index contributed by atoms with van der Waals surface area (Å²) in [4.78, 5) is 13.6. The van der Waals surface area contributed by atoms with Crippen molar-refractivity contribution in [1.29, 1.82) is 0 Å². The van der Waals surface area contributed by atoms with E-state index in [2.05, 4.69) is 6.92 Å². The number of nitrogens with zero attached hydrogens (tertiary/aromatic N) is 1. The molecule has 0 fully saturated rings. The fourth-order valence-corrected chi connectivity index (χ4v) is 2.12. The predicted octanol–water partition coefficient (Wildman–Crippen LogP) is 4.96. The van der Waals surface area contributed by atoms with Crippen LogP contribution in [0.25, 0.3) is 0 Å². The number of rotatable bonds is 9. The molecule has 0 unspecified atom stereocenters. The average Bonchev–Trinajstić information content (AvgIpc) is 2.50. The molecule has 2 heteroatoms. The number of unbranched alkanes of at least 4 members (excludes halogenated alkanes) is 6. The molecule has 0 saturated carbocycles. The molecule has 0 aromatic heterocycles. The molecule has 1 aromatic rings. The van der Waals surface area contributed by atoms with E-state index in [4.69, 9.17) is 0 Å². The highest BCUT2D eigenvalue weighted by Gasteiger charge is 2.05. The summed E-state index contributed by atoms with van der Waals surface area (Å²) in [5.41, 5.74) is 0.932. The standard InChI is InChI=1S/C18H27NO/c1-3-4-5-6-7-8-9-13-16-18(20)19(2)17-14-11-10-12-15-17/h10-16H,3-9H2,1-2H3/b16-13+. The second kappa shape index (κ2) is 10.2. The average molecular weight is 273 g/mol. The van der Waals surface area contributed by atoms with E-state index >= 15 is 0 Å². The zero-order chi connectivity index (χ0) is 14.6. The van der Waals surface area contributed by atoms with Gasteiger partial charge in [0, 0.05) is 12.7 Å². The van der Waals surface area contributed by atoms with Gasteiger partial charge in [-0.05, 0) is 31.1 Å². The molecule has 0 spiro atoms.